The average Bonchev–Trinajstić information content (AvgIpc) is 2.88. The van der Waals surface area contributed by atoms with Gasteiger partial charge in [-0.15, -0.1) is 0 Å². The first-order valence-corrected chi connectivity index (χ1v) is 7.13. The van der Waals surface area contributed by atoms with Crippen LogP contribution >= 0.6 is 0 Å². The molecule has 0 saturated carbocycles. The summed E-state index contributed by atoms with van der Waals surface area (Å²) in [5.41, 5.74) is 1.26. The van der Waals surface area contributed by atoms with Crippen LogP contribution in [0.4, 0.5) is 0 Å². The molecule has 2 heterocycles. The van der Waals surface area contributed by atoms with Gasteiger partial charge in [0.05, 0.1) is 17.9 Å². The molecule has 6 nitrogen and oxygen atoms in total. The molecule has 0 fully saturated rings. The maximum absolute atomic E-state index is 12.0. The molecule has 0 spiro atoms. The summed E-state index contributed by atoms with van der Waals surface area (Å²) in [7, 11) is 0. The Morgan fingerprint density at radius 1 is 1.32 bits per heavy atom. The average molecular weight is 299 g/mol. The van der Waals surface area contributed by atoms with Gasteiger partial charge >= 0.3 is 0 Å². The highest BCUT2D eigenvalue weighted by Gasteiger charge is 2.13. The van der Waals surface area contributed by atoms with Gasteiger partial charge in [0.1, 0.15) is 11.4 Å². The van der Waals surface area contributed by atoms with E-state index in [0.717, 1.165) is 11.4 Å². The summed E-state index contributed by atoms with van der Waals surface area (Å²) in [6, 6.07) is 11.2. The van der Waals surface area contributed by atoms with Crippen LogP contribution in [0, 0.1) is 6.92 Å². The molecule has 3 rings (SSSR count). The van der Waals surface area contributed by atoms with Crippen molar-refractivity contribution in [2.75, 3.05) is 6.61 Å². The maximum Gasteiger partial charge on any atom is 0.258 e. The second-order valence-corrected chi connectivity index (χ2v) is 5.10. The molecule has 0 radical (unpaired) electrons. The van der Waals surface area contributed by atoms with Crippen LogP contribution < -0.4 is 10.3 Å². The van der Waals surface area contributed by atoms with Crippen molar-refractivity contribution in [3.63, 3.8) is 0 Å². The minimum Gasteiger partial charge on any atom is -0.494 e. The van der Waals surface area contributed by atoms with Crippen LogP contribution in [0.2, 0.25) is 0 Å². The molecular formula is C16H17N3O3. The van der Waals surface area contributed by atoms with Crippen molar-refractivity contribution in [3.8, 4) is 11.6 Å². The van der Waals surface area contributed by atoms with Gasteiger partial charge in [-0.25, -0.2) is 0 Å². The van der Waals surface area contributed by atoms with Crippen molar-refractivity contribution >= 4 is 5.65 Å². The number of rotatable bonds is 5. The minimum atomic E-state index is -0.287. The molecule has 0 saturated heterocycles. The summed E-state index contributed by atoms with van der Waals surface area (Å²) in [6.07, 6.45) is 1.04. The smallest absolute Gasteiger partial charge is 0.258 e. The zero-order valence-corrected chi connectivity index (χ0v) is 12.2. The fourth-order valence-corrected chi connectivity index (χ4v) is 2.35. The van der Waals surface area contributed by atoms with Gasteiger partial charge in [-0.2, -0.15) is 9.61 Å². The van der Waals surface area contributed by atoms with E-state index in [1.807, 2.05) is 30.3 Å². The largest absolute Gasteiger partial charge is 0.494 e. The molecule has 0 amide bonds. The summed E-state index contributed by atoms with van der Waals surface area (Å²) < 4.78 is 6.93. The number of nitrogens with zero attached hydrogens (tertiary/aromatic N) is 2. The molecule has 114 valence electrons. The van der Waals surface area contributed by atoms with Gasteiger partial charge in [-0.3, -0.25) is 4.79 Å². The van der Waals surface area contributed by atoms with Gasteiger partial charge in [-0.05, 0) is 31.9 Å². The predicted molar refractivity (Wildman–Crippen MR) is 82.5 cm³/mol. The van der Waals surface area contributed by atoms with E-state index in [0.29, 0.717) is 30.7 Å². The zero-order chi connectivity index (χ0) is 15.5. The molecule has 0 aliphatic heterocycles. The third kappa shape index (κ3) is 2.81. The van der Waals surface area contributed by atoms with Crippen LogP contribution in [0.25, 0.3) is 5.65 Å². The highest BCUT2D eigenvalue weighted by atomic mass is 16.5. The number of nitrogens with one attached hydrogen (secondary N) is 1. The summed E-state index contributed by atoms with van der Waals surface area (Å²) >= 11 is 0. The lowest BCUT2D eigenvalue weighted by Gasteiger charge is -2.07. The SMILES string of the molecule is Cc1cc2[nH]c(=O)c(CCCOc3ccccc3)c(O)n2n1. The maximum atomic E-state index is 12.0. The number of benzene rings is 1. The second-order valence-electron chi connectivity index (χ2n) is 5.10. The monoisotopic (exact) mass is 299 g/mol. The van der Waals surface area contributed by atoms with Gasteiger partial charge in [0.15, 0.2) is 0 Å². The highest BCUT2D eigenvalue weighted by Crippen LogP contribution is 2.16. The Hall–Kier alpha value is -2.76. The summed E-state index contributed by atoms with van der Waals surface area (Å²) in [4.78, 5) is 14.8. The number of ether oxygens (including phenoxy) is 1. The first-order chi connectivity index (χ1) is 10.6. The van der Waals surface area contributed by atoms with Crippen LogP contribution in [0.5, 0.6) is 11.6 Å². The van der Waals surface area contributed by atoms with Crippen LogP contribution in [-0.4, -0.2) is 26.3 Å². The number of hydrogen-bond donors (Lipinski definition) is 2. The number of aromatic nitrogens is 3. The first kappa shape index (κ1) is 14.2. The van der Waals surface area contributed by atoms with Crippen LogP contribution in [0.3, 0.4) is 0 Å². The molecular weight excluding hydrogens is 282 g/mol. The van der Waals surface area contributed by atoms with E-state index in [4.69, 9.17) is 4.74 Å². The Kier molecular flexibility index (Phi) is 3.82. The normalized spacial score (nSPS) is 11.0. The lowest BCUT2D eigenvalue weighted by atomic mass is 10.2. The van der Waals surface area contributed by atoms with E-state index in [1.54, 1.807) is 13.0 Å². The molecule has 0 aliphatic carbocycles. The van der Waals surface area contributed by atoms with E-state index in [2.05, 4.69) is 10.1 Å². The fraction of sp³-hybridized carbons (Fsp3) is 0.250. The van der Waals surface area contributed by atoms with Crippen molar-refractivity contribution in [3.05, 3.63) is 58.0 Å². The number of aryl methyl sites for hydroxylation is 1. The summed E-state index contributed by atoms with van der Waals surface area (Å²) in [5, 5.41) is 14.4. The van der Waals surface area contributed by atoms with E-state index >= 15 is 0 Å². The lowest BCUT2D eigenvalue weighted by Crippen LogP contribution is -2.16. The summed E-state index contributed by atoms with van der Waals surface area (Å²) in [5.74, 6) is 0.686. The lowest BCUT2D eigenvalue weighted by molar-refractivity contribution is 0.309. The van der Waals surface area contributed by atoms with Crippen molar-refractivity contribution in [1.29, 1.82) is 0 Å². The third-order valence-corrected chi connectivity index (χ3v) is 3.40. The van der Waals surface area contributed by atoms with E-state index < -0.39 is 0 Å². The quantitative estimate of drug-likeness (QED) is 0.707. The number of aromatic amines is 1. The van der Waals surface area contributed by atoms with Crippen molar-refractivity contribution in [1.82, 2.24) is 14.6 Å². The Balaban J connectivity index is 1.70. The first-order valence-electron chi connectivity index (χ1n) is 7.13. The van der Waals surface area contributed by atoms with E-state index in [9.17, 15) is 9.90 Å². The Morgan fingerprint density at radius 3 is 2.86 bits per heavy atom. The van der Waals surface area contributed by atoms with Gasteiger partial charge in [0.2, 0.25) is 5.88 Å². The Labute approximate surface area is 127 Å². The number of fused-ring (bicyclic) bond motifs is 1. The number of hydrogen-bond acceptors (Lipinski definition) is 4. The third-order valence-electron chi connectivity index (χ3n) is 3.40. The molecule has 0 atom stereocenters. The van der Waals surface area contributed by atoms with Gasteiger partial charge in [0, 0.05) is 6.07 Å². The van der Waals surface area contributed by atoms with Gasteiger partial charge in [-0.1, -0.05) is 18.2 Å². The van der Waals surface area contributed by atoms with E-state index in [1.165, 1.54) is 4.52 Å². The van der Waals surface area contributed by atoms with Gasteiger partial charge < -0.3 is 14.8 Å². The van der Waals surface area contributed by atoms with E-state index in [-0.39, 0.29) is 11.4 Å². The highest BCUT2D eigenvalue weighted by molar-refractivity contribution is 5.43. The van der Waals surface area contributed by atoms with Crippen molar-refractivity contribution in [2.24, 2.45) is 0 Å². The van der Waals surface area contributed by atoms with Crippen molar-refractivity contribution in [2.45, 2.75) is 19.8 Å². The van der Waals surface area contributed by atoms with Crippen molar-refractivity contribution < 1.29 is 9.84 Å². The molecule has 0 bridgehead atoms. The molecule has 0 unspecified atom stereocenters. The van der Waals surface area contributed by atoms with Gasteiger partial charge in [0.25, 0.3) is 5.56 Å². The van der Waals surface area contributed by atoms with Crippen LogP contribution in [0.15, 0.2) is 41.2 Å². The standard InChI is InChI=1S/C16H17N3O3/c1-11-10-14-17-15(20)13(16(21)19(14)18-11)8-5-9-22-12-6-3-2-4-7-12/h2-4,6-7,10,21H,5,8-9H2,1H3,(H,17,20). The van der Waals surface area contributed by atoms with Crippen LogP contribution in [0.1, 0.15) is 17.7 Å². The fourth-order valence-electron chi connectivity index (χ4n) is 2.35. The van der Waals surface area contributed by atoms with Crippen LogP contribution in [-0.2, 0) is 6.42 Å². The molecule has 0 aliphatic rings. The molecule has 1 aromatic carbocycles. The topological polar surface area (TPSA) is 79.6 Å². The number of aromatic hydroxyl groups is 1. The number of H-pyrrole nitrogens is 1. The minimum absolute atomic E-state index is 0.105. The zero-order valence-electron chi connectivity index (χ0n) is 12.2. The predicted octanol–water partition coefficient (Wildman–Crippen LogP) is 2.05. The Bertz CT molecular complexity index is 837. The Morgan fingerprint density at radius 2 is 2.09 bits per heavy atom. The molecule has 2 N–H and O–H groups in total. The number of para-hydroxylation sites is 1. The molecule has 22 heavy (non-hydrogen) atoms. The second kappa shape index (κ2) is 5.93. The summed E-state index contributed by atoms with van der Waals surface area (Å²) in [6.45, 7) is 2.27. The molecule has 6 heteroatoms. The molecule has 2 aromatic heterocycles. The molecule has 3 aromatic rings.